The van der Waals surface area contributed by atoms with E-state index in [2.05, 4.69) is 5.32 Å². The highest BCUT2D eigenvalue weighted by Crippen LogP contribution is 2.12. The van der Waals surface area contributed by atoms with Gasteiger partial charge >= 0.3 is 0 Å². The molecule has 2 N–H and O–H groups in total. The van der Waals surface area contributed by atoms with Crippen LogP contribution in [0.1, 0.15) is 38.5 Å². The highest BCUT2D eigenvalue weighted by molar-refractivity contribution is 5.21. The van der Waals surface area contributed by atoms with Crippen LogP contribution in [0.5, 0.6) is 5.75 Å². The molecule has 1 aliphatic heterocycles. The summed E-state index contributed by atoms with van der Waals surface area (Å²) < 4.78 is 23.9. The standard InChI is InChI=1S/C17H26FNO2/c18-15-7-9-16(10-8-15)20-12-4-2-1-3-11-19-14-17-6-5-13-21-17/h7-10,17,19H,1-6,11-14H2/p+1/t17-/m1/s1. The normalized spacial score (nSPS) is 18.0. The summed E-state index contributed by atoms with van der Waals surface area (Å²) in [7, 11) is 0. The number of benzene rings is 1. The molecule has 0 radical (unpaired) electrons. The summed E-state index contributed by atoms with van der Waals surface area (Å²) in [6.45, 7) is 3.98. The summed E-state index contributed by atoms with van der Waals surface area (Å²) in [5.41, 5.74) is 0. The van der Waals surface area contributed by atoms with Crippen LogP contribution in [0.4, 0.5) is 4.39 Å². The largest absolute Gasteiger partial charge is 0.494 e. The molecule has 4 heteroatoms. The molecular weight excluding hydrogens is 269 g/mol. The maximum Gasteiger partial charge on any atom is 0.123 e. The number of unbranched alkanes of at least 4 members (excludes halogenated alkanes) is 3. The molecule has 1 aromatic rings. The van der Waals surface area contributed by atoms with E-state index in [0.717, 1.165) is 25.3 Å². The molecule has 1 atom stereocenters. The average molecular weight is 296 g/mol. The van der Waals surface area contributed by atoms with Crippen molar-refractivity contribution in [1.29, 1.82) is 0 Å². The predicted molar refractivity (Wildman–Crippen MR) is 81.0 cm³/mol. The minimum absolute atomic E-state index is 0.221. The van der Waals surface area contributed by atoms with Crippen LogP contribution in [0.3, 0.4) is 0 Å². The molecular formula is C17H27FNO2+. The van der Waals surface area contributed by atoms with Gasteiger partial charge in [-0.25, -0.2) is 4.39 Å². The summed E-state index contributed by atoms with van der Waals surface area (Å²) >= 11 is 0. The predicted octanol–water partition coefficient (Wildman–Crippen LogP) is 2.51. The van der Waals surface area contributed by atoms with Crippen LogP contribution in [0.2, 0.25) is 0 Å². The third kappa shape index (κ3) is 6.91. The molecule has 0 saturated carbocycles. The quantitative estimate of drug-likeness (QED) is 0.673. The van der Waals surface area contributed by atoms with Crippen LogP contribution in [0.15, 0.2) is 24.3 Å². The van der Waals surface area contributed by atoms with Gasteiger partial charge in [-0.15, -0.1) is 0 Å². The van der Waals surface area contributed by atoms with Gasteiger partial charge in [0, 0.05) is 6.61 Å². The molecule has 118 valence electrons. The molecule has 0 spiro atoms. The molecule has 0 bridgehead atoms. The fourth-order valence-corrected chi connectivity index (χ4v) is 2.60. The first-order chi connectivity index (χ1) is 10.3. The minimum atomic E-state index is -0.221. The van der Waals surface area contributed by atoms with E-state index < -0.39 is 0 Å². The Morgan fingerprint density at radius 1 is 1.14 bits per heavy atom. The van der Waals surface area contributed by atoms with Gasteiger partial charge in [-0.05, 0) is 62.8 Å². The van der Waals surface area contributed by atoms with E-state index in [1.807, 2.05) is 0 Å². The first-order valence-corrected chi connectivity index (χ1v) is 8.16. The molecule has 3 nitrogen and oxygen atoms in total. The summed E-state index contributed by atoms with van der Waals surface area (Å²) in [6.07, 6.45) is 7.70. The lowest BCUT2D eigenvalue weighted by Gasteiger charge is -2.08. The minimum Gasteiger partial charge on any atom is -0.494 e. The van der Waals surface area contributed by atoms with Crippen LogP contribution in [0, 0.1) is 5.82 Å². The zero-order valence-electron chi connectivity index (χ0n) is 12.7. The van der Waals surface area contributed by atoms with Gasteiger partial charge in [0.2, 0.25) is 0 Å². The van der Waals surface area contributed by atoms with Crippen molar-refractivity contribution in [1.82, 2.24) is 0 Å². The van der Waals surface area contributed by atoms with Crippen LogP contribution in [-0.2, 0) is 4.74 Å². The Labute approximate surface area is 126 Å². The Kier molecular flexibility index (Phi) is 7.54. The topological polar surface area (TPSA) is 35.1 Å². The molecule has 0 aliphatic carbocycles. The molecule has 0 amide bonds. The van der Waals surface area contributed by atoms with Crippen molar-refractivity contribution in [3.05, 3.63) is 30.1 Å². The number of rotatable bonds is 10. The Morgan fingerprint density at radius 3 is 2.71 bits per heavy atom. The van der Waals surface area contributed by atoms with Crippen molar-refractivity contribution in [3.63, 3.8) is 0 Å². The van der Waals surface area contributed by atoms with Gasteiger partial charge in [-0.3, -0.25) is 0 Å². The first kappa shape index (κ1) is 16.2. The van der Waals surface area contributed by atoms with Crippen molar-refractivity contribution in [2.24, 2.45) is 0 Å². The van der Waals surface area contributed by atoms with Gasteiger partial charge in [0.05, 0.1) is 13.2 Å². The molecule has 0 unspecified atom stereocenters. The second-order valence-electron chi connectivity index (χ2n) is 5.66. The van der Waals surface area contributed by atoms with E-state index in [-0.39, 0.29) is 5.82 Å². The lowest BCUT2D eigenvalue weighted by Crippen LogP contribution is -2.86. The van der Waals surface area contributed by atoms with Gasteiger partial charge in [0.25, 0.3) is 0 Å². The number of nitrogens with two attached hydrogens (primary N) is 1. The van der Waals surface area contributed by atoms with E-state index in [1.165, 1.54) is 50.8 Å². The van der Waals surface area contributed by atoms with Crippen LogP contribution in [-0.4, -0.2) is 32.4 Å². The van der Waals surface area contributed by atoms with Gasteiger partial charge in [-0.2, -0.15) is 0 Å². The number of quaternary nitrogens is 1. The second kappa shape index (κ2) is 9.74. The van der Waals surface area contributed by atoms with E-state index in [1.54, 1.807) is 12.1 Å². The Hall–Kier alpha value is -1.13. The SMILES string of the molecule is Fc1ccc(OCCCCCC[NH2+]C[C@H]2CCCO2)cc1. The third-order valence-electron chi connectivity index (χ3n) is 3.84. The van der Waals surface area contributed by atoms with Crippen molar-refractivity contribution in [2.45, 2.75) is 44.6 Å². The van der Waals surface area contributed by atoms with Crippen molar-refractivity contribution >= 4 is 0 Å². The third-order valence-corrected chi connectivity index (χ3v) is 3.84. The van der Waals surface area contributed by atoms with E-state index in [0.29, 0.717) is 12.7 Å². The number of ether oxygens (including phenoxy) is 2. The summed E-state index contributed by atoms with van der Waals surface area (Å²) in [5, 5.41) is 2.38. The van der Waals surface area contributed by atoms with Crippen molar-refractivity contribution in [3.8, 4) is 5.75 Å². The monoisotopic (exact) mass is 296 g/mol. The van der Waals surface area contributed by atoms with E-state index in [4.69, 9.17) is 9.47 Å². The van der Waals surface area contributed by atoms with Gasteiger partial charge in [-0.1, -0.05) is 0 Å². The maximum atomic E-state index is 12.7. The average Bonchev–Trinajstić information content (AvgIpc) is 3.01. The zero-order chi connectivity index (χ0) is 14.8. The summed E-state index contributed by atoms with van der Waals surface area (Å²) in [5.74, 6) is 0.530. The number of halogens is 1. The van der Waals surface area contributed by atoms with E-state index >= 15 is 0 Å². The Bertz CT molecular complexity index is 377. The number of hydrogen-bond acceptors (Lipinski definition) is 2. The van der Waals surface area contributed by atoms with Gasteiger partial charge in [0.15, 0.2) is 0 Å². The summed E-state index contributed by atoms with van der Waals surface area (Å²) in [6, 6.07) is 6.21. The van der Waals surface area contributed by atoms with E-state index in [9.17, 15) is 4.39 Å². The van der Waals surface area contributed by atoms with Gasteiger partial charge in [0.1, 0.15) is 24.2 Å². The molecule has 0 aromatic heterocycles. The fraction of sp³-hybridized carbons (Fsp3) is 0.647. The highest BCUT2D eigenvalue weighted by atomic mass is 19.1. The van der Waals surface area contributed by atoms with Gasteiger partial charge < -0.3 is 14.8 Å². The maximum absolute atomic E-state index is 12.7. The molecule has 1 heterocycles. The summed E-state index contributed by atoms with van der Waals surface area (Å²) in [4.78, 5) is 0. The lowest BCUT2D eigenvalue weighted by atomic mass is 10.2. The number of hydrogen-bond donors (Lipinski definition) is 1. The zero-order valence-corrected chi connectivity index (χ0v) is 12.7. The fourth-order valence-electron chi connectivity index (χ4n) is 2.60. The second-order valence-corrected chi connectivity index (χ2v) is 5.66. The molecule has 1 saturated heterocycles. The highest BCUT2D eigenvalue weighted by Gasteiger charge is 2.16. The Morgan fingerprint density at radius 2 is 1.95 bits per heavy atom. The molecule has 1 fully saturated rings. The van der Waals surface area contributed by atoms with Crippen molar-refractivity contribution in [2.75, 3.05) is 26.3 Å². The van der Waals surface area contributed by atoms with Crippen LogP contribution < -0.4 is 10.1 Å². The lowest BCUT2D eigenvalue weighted by molar-refractivity contribution is -0.661. The molecule has 1 aromatic carbocycles. The Balaban J connectivity index is 1.37. The van der Waals surface area contributed by atoms with Crippen molar-refractivity contribution < 1.29 is 19.2 Å². The molecule has 1 aliphatic rings. The first-order valence-electron chi connectivity index (χ1n) is 8.16. The molecule has 2 rings (SSSR count). The smallest absolute Gasteiger partial charge is 0.123 e. The molecule has 21 heavy (non-hydrogen) atoms. The van der Waals surface area contributed by atoms with Crippen LogP contribution in [0.25, 0.3) is 0 Å². The van der Waals surface area contributed by atoms with Crippen LogP contribution >= 0.6 is 0 Å².